The molecule has 1 fully saturated rings. The summed E-state index contributed by atoms with van der Waals surface area (Å²) in [5.74, 6) is 0.423. The van der Waals surface area contributed by atoms with E-state index >= 15 is 0 Å². The number of aromatic nitrogens is 2. The summed E-state index contributed by atoms with van der Waals surface area (Å²) in [7, 11) is 3.89. The first kappa shape index (κ1) is 16.3. The highest BCUT2D eigenvalue weighted by atomic mass is 35.5. The van der Waals surface area contributed by atoms with Gasteiger partial charge in [0.05, 0.1) is 24.5 Å². The van der Waals surface area contributed by atoms with Crippen LogP contribution in [0.4, 0.5) is 5.69 Å². The standard InChI is InChI=1S/C14H23ClN4O2/c1-18(2)5-6-19-14(21)13(15)12(9-17-19)16-8-10-3-4-11(20)7-10/h9-11,16,20H,3-8H2,1-2H3. The maximum absolute atomic E-state index is 12.1. The fraction of sp³-hybridized carbons (Fsp3) is 0.714. The van der Waals surface area contributed by atoms with Crippen LogP contribution in [0.15, 0.2) is 11.0 Å². The van der Waals surface area contributed by atoms with Crippen LogP contribution in [0.1, 0.15) is 19.3 Å². The molecule has 6 nitrogen and oxygen atoms in total. The van der Waals surface area contributed by atoms with Crippen molar-refractivity contribution in [1.29, 1.82) is 0 Å². The SMILES string of the molecule is CN(C)CCn1ncc(NCC2CCC(O)C2)c(Cl)c1=O. The molecule has 1 aromatic heterocycles. The predicted octanol–water partition coefficient (Wildman–Crippen LogP) is 1.03. The first-order chi connectivity index (χ1) is 9.97. The molecule has 2 unspecified atom stereocenters. The number of hydrogen-bond acceptors (Lipinski definition) is 5. The molecule has 1 aliphatic carbocycles. The van der Waals surface area contributed by atoms with Crippen LogP contribution in [0, 0.1) is 5.92 Å². The second-order valence-electron chi connectivity index (χ2n) is 5.92. The number of likely N-dealkylation sites (N-methyl/N-ethyl adjacent to an activating group) is 1. The molecule has 0 spiro atoms. The fourth-order valence-corrected chi connectivity index (χ4v) is 2.74. The summed E-state index contributed by atoms with van der Waals surface area (Å²) in [6.07, 6.45) is 4.07. The van der Waals surface area contributed by atoms with E-state index in [1.165, 1.54) is 4.68 Å². The Bertz CT molecular complexity index is 532. The van der Waals surface area contributed by atoms with Crippen molar-refractivity contribution in [1.82, 2.24) is 14.7 Å². The van der Waals surface area contributed by atoms with Crippen LogP contribution in [-0.2, 0) is 6.54 Å². The molecular formula is C14H23ClN4O2. The molecule has 1 aromatic rings. The van der Waals surface area contributed by atoms with Crippen LogP contribution >= 0.6 is 11.6 Å². The number of hydrogen-bond donors (Lipinski definition) is 2. The zero-order valence-corrected chi connectivity index (χ0v) is 13.3. The molecule has 1 saturated carbocycles. The Morgan fingerprint density at radius 3 is 2.90 bits per heavy atom. The van der Waals surface area contributed by atoms with Gasteiger partial charge in [0.15, 0.2) is 0 Å². The summed E-state index contributed by atoms with van der Waals surface area (Å²) in [6.45, 7) is 1.95. The molecule has 2 atom stereocenters. The van der Waals surface area contributed by atoms with Gasteiger partial charge in [-0.1, -0.05) is 11.6 Å². The first-order valence-electron chi connectivity index (χ1n) is 7.29. The van der Waals surface area contributed by atoms with Gasteiger partial charge < -0.3 is 15.3 Å². The van der Waals surface area contributed by atoms with E-state index in [0.29, 0.717) is 24.7 Å². The van der Waals surface area contributed by atoms with Crippen LogP contribution in [0.25, 0.3) is 0 Å². The minimum Gasteiger partial charge on any atom is -0.393 e. The summed E-state index contributed by atoms with van der Waals surface area (Å²) in [6, 6.07) is 0. The lowest BCUT2D eigenvalue weighted by molar-refractivity contribution is 0.178. The number of rotatable bonds is 6. The molecule has 0 radical (unpaired) electrons. The minimum atomic E-state index is -0.269. The number of aliphatic hydroxyl groups excluding tert-OH is 1. The lowest BCUT2D eigenvalue weighted by Crippen LogP contribution is -2.29. The zero-order valence-electron chi connectivity index (χ0n) is 12.5. The van der Waals surface area contributed by atoms with Gasteiger partial charge in [-0.3, -0.25) is 4.79 Å². The maximum Gasteiger partial charge on any atom is 0.287 e. The Labute approximate surface area is 129 Å². The van der Waals surface area contributed by atoms with Crippen molar-refractivity contribution in [3.63, 3.8) is 0 Å². The topological polar surface area (TPSA) is 70.4 Å². The number of anilines is 1. The average molecular weight is 315 g/mol. The Hall–Kier alpha value is -1.11. The van der Waals surface area contributed by atoms with Crippen LogP contribution in [0.2, 0.25) is 5.02 Å². The van der Waals surface area contributed by atoms with Gasteiger partial charge in [0.25, 0.3) is 5.56 Å². The third kappa shape index (κ3) is 4.43. The van der Waals surface area contributed by atoms with Gasteiger partial charge in [-0.15, -0.1) is 0 Å². The van der Waals surface area contributed by atoms with E-state index in [-0.39, 0.29) is 16.7 Å². The van der Waals surface area contributed by atoms with Crippen LogP contribution in [-0.4, -0.2) is 53.1 Å². The van der Waals surface area contributed by atoms with Crippen molar-refractivity contribution in [2.75, 3.05) is 32.5 Å². The first-order valence-corrected chi connectivity index (χ1v) is 7.67. The lowest BCUT2D eigenvalue weighted by atomic mass is 10.1. The molecule has 21 heavy (non-hydrogen) atoms. The maximum atomic E-state index is 12.1. The highest BCUT2D eigenvalue weighted by Crippen LogP contribution is 2.26. The number of aliphatic hydroxyl groups is 1. The van der Waals surface area contributed by atoms with E-state index in [9.17, 15) is 9.90 Å². The number of nitrogens with zero attached hydrogens (tertiary/aromatic N) is 3. The number of halogens is 1. The Balaban J connectivity index is 1.98. The summed E-state index contributed by atoms with van der Waals surface area (Å²) < 4.78 is 1.38. The second-order valence-corrected chi connectivity index (χ2v) is 6.30. The van der Waals surface area contributed by atoms with Gasteiger partial charge in [0, 0.05) is 13.1 Å². The van der Waals surface area contributed by atoms with Crippen molar-refractivity contribution in [2.24, 2.45) is 5.92 Å². The van der Waals surface area contributed by atoms with Gasteiger partial charge in [-0.05, 0) is 39.3 Å². The average Bonchev–Trinajstić information content (AvgIpc) is 2.85. The Kier molecular flexibility index (Phi) is 5.61. The lowest BCUT2D eigenvalue weighted by Gasteiger charge is -2.14. The molecule has 1 aliphatic rings. The van der Waals surface area contributed by atoms with E-state index in [1.807, 2.05) is 19.0 Å². The Morgan fingerprint density at radius 2 is 2.29 bits per heavy atom. The largest absolute Gasteiger partial charge is 0.393 e. The van der Waals surface area contributed by atoms with E-state index in [1.54, 1.807) is 6.20 Å². The Morgan fingerprint density at radius 1 is 1.52 bits per heavy atom. The third-order valence-corrected chi connectivity index (χ3v) is 4.20. The van der Waals surface area contributed by atoms with Crippen molar-refractivity contribution in [2.45, 2.75) is 31.9 Å². The van der Waals surface area contributed by atoms with E-state index in [4.69, 9.17) is 11.6 Å². The fourth-order valence-electron chi connectivity index (χ4n) is 2.53. The molecule has 0 aromatic carbocycles. The van der Waals surface area contributed by atoms with E-state index in [0.717, 1.165) is 25.8 Å². The van der Waals surface area contributed by atoms with Gasteiger partial charge in [0.2, 0.25) is 0 Å². The summed E-state index contributed by atoms with van der Waals surface area (Å²) in [4.78, 5) is 14.1. The van der Waals surface area contributed by atoms with Gasteiger partial charge in [0.1, 0.15) is 5.02 Å². The second kappa shape index (κ2) is 7.24. The highest BCUT2D eigenvalue weighted by molar-refractivity contribution is 6.32. The van der Waals surface area contributed by atoms with Gasteiger partial charge in [-0.2, -0.15) is 5.10 Å². The molecule has 2 N–H and O–H groups in total. The van der Waals surface area contributed by atoms with Crippen molar-refractivity contribution < 1.29 is 5.11 Å². The summed E-state index contributed by atoms with van der Waals surface area (Å²) in [5, 5.41) is 17.0. The van der Waals surface area contributed by atoms with Crippen LogP contribution < -0.4 is 10.9 Å². The molecule has 0 amide bonds. The zero-order chi connectivity index (χ0) is 15.4. The van der Waals surface area contributed by atoms with Crippen molar-refractivity contribution >= 4 is 17.3 Å². The molecule has 0 saturated heterocycles. The normalized spacial score (nSPS) is 22.0. The number of nitrogens with one attached hydrogen (secondary N) is 1. The summed E-state index contributed by atoms with van der Waals surface area (Å²) in [5.41, 5.74) is 0.305. The van der Waals surface area contributed by atoms with Crippen LogP contribution in [0.3, 0.4) is 0 Å². The quantitative estimate of drug-likeness (QED) is 0.821. The van der Waals surface area contributed by atoms with Crippen molar-refractivity contribution in [3.05, 3.63) is 21.6 Å². The van der Waals surface area contributed by atoms with E-state index in [2.05, 4.69) is 10.4 Å². The van der Waals surface area contributed by atoms with Gasteiger partial charge in [-0.25, -0.2) is 4.68 Å². The predicted molar refractivity (Wildman–Crippen MR) is 83.9 cm³/mol. The van der Waals surface area contributed by atoms with Crippen LogP contribution in [0.5, 0.6) is 0 Å². The highest BCUT2D eigenvalue weighted by Gasteiger charge is 2.22. The minimum absolute atomic E-state index is 0.183. The molecule has 0 aliphatic heterocycles. The van der Waals surface area contributed by atoms with Crippen molar-refractivity contribution in [3.8, 4) is 0 Å². The third-order valence-electron chi connectivity index (χ3n) is 3.84. The molecule has 7 heteroatoms. The molecule has 0 bridgehead atoms. The monoisotopic (exact) mass is 314 g/mol. The molecule has 118 valence electrons. The molecule has 1 heterocycles. The molecular weight excluding hydrogens is 292 g/mol. The van der Waals surface area contributed by atoms with E-state index < -0.39 is 0 Å². The summed E-state index contributed by atoms with van der Waals surface area (Å²) >= 11 is 6.13. The van der Waals surface area contributed by atoms with Gasteiger partial charge >= 0.3 is 0 Å². The molecule has 2 rings (SSSR count). The smallest absolute Gasteiger partial charge is 0.287 e.